The first-order valence-corrected chi connectivity index (χ1v) is 5.66. The summed E-state index contributed by atoms with van der Waals surface area (Å²) in [5.74, 6) is 6.41. The van der Waals surface area contributed by atoms with Crippen LogP contribution in [0.2, 0.25) is 0 Å². The molecule has 1 heterocycles. The molecule has 0 spiro atoms. The Labute approximate surface area is 102 Å². The number of aryl methyl sites for hydroxylation is 1. The van der Waals surface area contributed by atoms with Gasteiger partial charge in [0.2, 0.25) is 0 Å². The monoisotopic (exact) mass is 221 g/mol. The highest BCUT2D eigenvalue weighted by Gasteiger charge is 1.94. The lowest BCUT2D eigenvalue weighted by Crippen LogP contribution is -1.88. The normalized spacial score (nSPS) is 10.2. The highest BCUT2D eigenvalue weighted by atomic mass is 14.9. The van der Waals surface area contributed by atoms with Gasteiger partial charge in [-0.15, -0.1) is 0 Å². The molecule has 1 nitrogen and oxygen atoms in total. The fourth-order valence-corrected chi connectivity index (χ4v) is 1.66. The minimum Gasteiger partial charge on any atom is -0.344 e. The molecular weight excluding hydrogens is 206 g/mol. The average Bonchev–Trinajstić information content (AvgIpc) is 2.74. The number of allylic oxidation sites excluding steroid dienone is 1. The molecule has 0 aliphatic heterocycles. The highest BCUT2D eigenvalue weighted by molar-refractivity contribution is 5.59. The Morgan fingerprint density at radius 3 is 2.59 bits per heavy atom. The fraction of sp³-hybridized carbons (Fsp3) is 0.125. The Bertz CT molecular complexity index is 591. The summed E-state index contributed by atoms with van der Waals surface area (Å²) in [6.45, 7) is 2.02. The van der Waals surface area contributed by atoms with Gasteiger partial charge in [-0.3, -0.25) is 0 Å². The van der Waals surface area contributed by atoms with Crippen LogP contribution in [0.3, 0.4) is 0 Å². The van der Waals surface area contributed by atoms with Gasteiger partial charge < -0.3 is 4.57 Å². The molecule has 0 saturated carbocycles. The van der Waals surface area contributed by atoms with E-state index in [1.165, 1.54) is 0 Å². The number of hydrogen-bond donors (Lipinski definition) is 0. The zero-order valence-electron chi connectivity index (χ0n) is 10.1. The lowest BCUT2D eigenvalue weighted by Gasteiger charge is -1.97. The van der Waals surface area contributed by atoms with Gasteiger partial charge >= 0.3 is 0 Å². The number of hydrogen-bond acceptors (Lipinski definition) is 0. The largest absolute Gasteiger partial charge is 0.344 e. The molecule has 17 heavy (non-hydrogen) atoms. The molecule has 0 unspecified atom stereocenters. The summed E-state index contributed by atoms with van der Waals surface area (Å²) in [6, 6.07) is 12.2. The predicted molar refractivity (Wildman–Crippen MR) is 72.5 cm³/mol. The van der Waals surface area contributed by atoms with Crippen molar-refractivity contribution in [1.82, 2.24) is 4.57 Å². The molecule has 84 valence electrons. The van der Waals surface area contributed by atoms with Gasteiger partial charge in [-0.1, -0.05) is 36.3 Å². The Morgan fingerprint density at radius 1 is 1.06 bits per heavy atom. The first kappa shape index (κ1) is 11.3. The third-order valence-electron chi connectivity index (χ3n) is 2.58. The molecule has 0 saturated heterocycles. The van der Waals surface area contributed by atoms with Crippen molar-refractivity contribution < 1.29 is 0 Å². The van der Waals surface area contributed by atoms with Crippen molar-refractivity contribution in [1.29, 1.82) is 0 Å². The molecule has 0 radical (unpaired) electrons. The fourth-order valence-electron chi connectivity index (χ4n) is 1.66. The Hall–Kier alpha value is -2.20. The molecule has 0 amide bonds. The van der Waals surface area contributed by atoms with E-state index in [0.717, 1.165) is 16.8 Å². The van der Waals surface area contributed by atoms with Crippen LogP contribution in [0.25, 0.3) is 6.08 Å². The van der Waals surface area contributed by atoms with E-state index in [-0.39, 0.29) is 0 Å². The van der Waals surface area contributed by atoms with Crippen molar-refractivity contribution in [3.8, 4) is 11.8 Å². The van der Waals surface area contributed by atoms with Gasteiger partial charge in [-0.05, 0) is 36.6 Å². The van der Waals surface area contributed by atoms with Gasteiger partial charge in [0.25, 0.3) is 0 Å². The van der Waals surface area contributed by atoms with Crippen LogP contribution < -0.4 is 0 Å². The van der Waals surface area contributed by atoms with Crippen molar-refractivity contribution in [2.45, 2.75) is 6.92 Å². The van der Waals surface area contributed by atoms with Gasteiger partial charge in [0.15, 0.2) is 0 Å². The van der Waals surface area contributed by atoms with Gasteiger partial charge in [-0.2, -0.15) is 0 Å². The van der Waals surface area contributed by atoms with E-state index in [1.54, 1.807) is 0 Å². The van der Waals surface area contributed by atoms with E-state index >= 15 is 0 Å². The van der Waals surface area contributed by atoms with E-state index in [9.17, 15) is 0 Å². The summed E-state index contributed by atoms with van der Waals surface area (Å²) in [6.07, 6.45) is 6.11. The Balaban J connectivity index is 2.37. The topological polar surface area (TPSA) is 4.93 Å². The second-order valence-corrected chi connectivity index (χ2v) is 3.84. The van der Waals surface area contributed by atoms with Crippen molar-refractivity contribution in [2.75, 3.05) is 0 Å². The van der Waals surface area contributed by atoms with Crippen LogP contribution in [0, 0.1) is 11.8 Å². The summed E-state index contributed by atoms with van der Waals surface area (Å²) in [5.41, 5.74) is 3.25. The first-order valence-electron chi connectivity index (χ1n) is 5.66. The summed E-state index contributed by atoms with van der Waals surface area (Å²) < 4.78 is 2.02. The van der Waals surface area contributed by atoms with E-state index in [1.807, 2.05) is 61.1 Å². The maximum atomic E-state index is 3.22. The predicted octanol–water partition coefficient (Wildman–Crippen LogP) is 3.46. The third kappa shape index (κ3) is 2.68. The Morgan fingerprint density at radius 2 is 1.88 bits per heavy atom. The zero-order valence-corrected chi connectivity index (χ0v) is 10.1. The lowest BCUT2D eigenvalue weighted by molar-refractivity contribution is 0.912. The van der Waals surface area contributed by atoms with Crippen LogP contribution in [0.15, 0.2) is 48.7 Å². The maximum absolute atomic E-state index is 3.22. The number of aromatic nitrogens is 1. The standard InChI is InChI=1S/C16H15N/c1-3-7-14-8-4-5-9-15(14)11-12-16-10-6-13-17(16)2/h3-10,13H,1-2H3/b7-3-. The van der Waals surface area contributed by atoms with Gasteiger partial charge in [0, 0.05) is 18.8 Å². The molecule has 0 aliphatic rings. The Kier molecular flexibility index (Phi) is 3.47. The lowest BCUT2D eigenvalue weighted by atomic mass is 10.1. The van der Waals surface area contributed by atoms with Crippen molar-refractivity contribution in [2.24, 2.45) is 7.05 Å². The van der Waals surface area contributed by atoms with Crippen LogP contribution in [-0.2, 0) is 7.05 Å². The third-order valence-corrected chi connectivity index (χ3v) is 2.58. The first-order chi connectivity index (χ1) is 8.31. The summed E-state index contributed by atoms with van der Waals surface area (Å²) in [5, 5.41) is 0. The second kappa shape index (κ2) is 5.23. The molecule has 2 aromatic rings. The minimum absolute atomic E-state index is 1.03. The smallest absolute Gasteiger partial charge is 0.0920 e. The van der Waals surface area contributed by atoms with Crippen molar-refractivity contribution in [3.05, 3.63) is 65.5 Å². The van der Waals surface area contributed by atoms with E-state index in [2.05, 4.69) is 24.0 Å². The van der Waals surface area contributed by atoms with E-state index in [4.69, 9.17) is 0 Å². The molecule has 1 aromatic heterocycles. The maximum Gasteiger partial charge on any atom is 0.0920 e. The second-order valence-electron chi connectivity index (χ2n) is 3.84. The molecule has 0 aliphatic carbocycles. The van der Waals surface area contributed by atoms with E-state index in [0.29, 0.717) is 0 Å². The molecule has 0 bridgehead atoms. The van der Waals surface area contributed by atoms with Crippen molar-refractivity contribution >= 4 is 6.08 Å². The van der Waals surface area contributed by atoms with Crippen LogP contribution >= 0.6 is 0 Å². The average molecular weight is 221 g/mol. The molecule has 1 aromatic carbocycles. The van der Waals surface area contributed by atoms with Gasteiger partial charge in [0.05, 0.1) is 5.69 Å². The number of rotatable bonds is 1. The minimum atomic E-state index is 1.03. The molecule has 0 fully saturated rings. The van der Waals surface area contributed by atoms with E-state index < -0.39 is 0 Å². The summed E-state index contributed by atoms with van der Waals surface area (Å²) in [7, 11) is 2.00. The zero-order chi connectivity index (χ0) is 12.1. The SMILES string of the molecule is C/C=C\c1ccccc1C#Cc1cccn1C. The van der Waals surface area contributed by atoms with Crippen LogP contribution in [0.5, 0.6) is 0 Å². The molecule has 2 rings (SSSR count). The number of benzene rings is 1. The highest BCUT2D eigenvalue weighted by Crippen LogP contribution is 2.09. The molecule has 0 N–H and O–H groups in total. The molecule has 0 atom stereocenters. The molecular formula is C16H15N. The quantitative estimate of drug-likeness (QED) is 0.650. The van der Waals surface area contributed by atoms with Gasteiger partial charge in [-0.25, -0.2) is 0 Å². The van der Waals surface area contributed by atoms with Crippen molar-refractivity contribution in [3.63, 3.8) is 0 Å². The summed E-state index contributed by atoms with van der Waals surface area (Å²) >= 11 is 0. The van der Waals surface area contributed by atoms with Crippen LogP contribution in [0.1, 0.15) is 23.7 Å². The van der Waals surface area contributed by atoms with Gasteiger partial charge in [0.1, 0.15) is 0 Å². The van der Waals surface area contributed by atoms with Crippen LogP contribution in [0.4, 0.5) is 0 Å². The molecule has 1 heteroatoms. The number of nitrogens with zero attached hydrogens (tertiary/aromatic N) is 1. The van der Waals surface area contributed by atoms with Crippen LogP contribution in [-0.4, -0.2) is 4.57 Å². The summed E-state index contributed by atoms with van der Waals surface area (Å²) in [4.78, 5) is 0.